The van der Waals surface area contributed by atoms with E-state index in [1.165, 1.54) is 16.8 Å². The summed E-state index contributed by atoms with van der Waals surface area (Å²) in [5, 5.41) is 3.23. The van der Waals surface area contributed by atoms with Crippen LogP contribution in [0.4, 0.5) is 5.69 Å². The molecular formula is C24H36IN5O2. The van der Waals surface area contributed by atoms with Crippen molar-refractivity contribution in [2.45, 2.75) is 20.4 Å². The predicted octanol–water partition coefficient (Wildman–Crippen LogP) is 3.17. The smallest absolute Gasteiger partial charge is 0.188 e. The molecule has 1 aliphatic heterocycles. The van der Waals surface area contributed by atoms with Gasteiger partial charge in [-0.15, -0.1) is 24.0 Å². The third kappa shape index (κ3) is 6.90. The standard InChI is InChI=1S/C24H35N5O2.HI/c1-18-6-5-7-21(19(18)2)29-14-12-28(13-15-29)11-10-26-24(25)27-17-20-8-9-22(30-3)23(16-20)31-4;/h5-9,16H,10-15,17H2,1-4H3,(H3,25,26,27);1H. The van der Waals surface area contributed by atoms with Gasteiger partial charge in [0.2, 0.25) is 0 Å². The molecule has 176 valence electrons. The van der Waals surface area contributed by atoms with Crippen LogP contribution in [0.25, 0.3) is 0 Å². The highest BCUT2D eigenvalue weighted by Crippen LogP contribution is 2.27. The van der Waals surface area contributed by atoms with E-state index in [9.17, 15) is 0 Å². The molecule has 1 fully saturated rings. The first-order valence-corrected chi connectivity index (χ1v) is 10.8. The molecule has 0 aromatic heterocycles. The summed E-state index contributed by atoms with van der Waals surface area (Å²) < 4.78 is 10.6. The van der Waals surface area contributed by atoms with Gasteiger partial charge in [-0.25, -0.2) is 4.99 Å². The second-order valence-corrected chi connectivity index (χ2v) is 7.87. The van der Waals surface area contributed by atoms with Gasteiger partial charge in [0.25, 0.3) is 0 Å². The predicted molar refractivity (Wildman–Crippen MR) is 143 cm³/mol. The number of aryl methyl sites for hydroxylation is 1. The molecule has 8 heteroatoms. The van der Waals surface area contributed by atoms with Gasteiger partial charge < -0.3 is 25.4 Å². The zero-order valence-electron chi connectivity index (χ0n) is 19.6. The number of hydrogen-bond donors (Lipinski definition) is 2. The molecule has 0 amide bonds. The lowest BCUT2D eigenvalue weighted by molar-refractivity contribution is 0.261. The maximum Gasteiger partial charge on any atom is 0.188 e. The summed E-state index contributed by atoms with van der Waals surface area (Å²) in [6.45, 7) is 10.8. The van der Waals surface area contributed by atoms with Crippen molar-refractivity contribution in [3.63, 3.8) is 0 Å². The number of ether oxygens (including phenoxy) is 2. The van der Waals surface area contributed by atoms with E-state index < -0.39 is 0 Å². The molecule has 0 saturated carbocycles. The van der Waals surface area contributed by atoms with Gasteiger partial charge in [-0.05, 0) is 48.7 Å². The van der Waals surface area contributed by atoms with Crippen molar-refractivity contribution in [1.29, 1.82) is 0 Å². The maximum atomic E-state index is 6.05. The molecule has 1 saturated heterocycles. The first-order valence-electron chi connectivity index (χ1n) is 10.8. The summed E-state index contributed by atoms with van der Waals surface area (Å²) >= 11 is 0. The summed E-state index contributed by atoms with van der Waals surface area (Å²) in [5.74, 6) is 1.87. The quantitative estimate of drug-likeness (QED) is 0.297. The molecule has 0 radical (unpaired) electrons. The number of hydrogen-bond acceptors (Lipinski definition) is 5. The van der Waals surface area contributed by atoms with Crippen LogP contribution < -0.4 is 25.4 Å². The summed E-state index contributed by atoms with van der Waals surface area (Å²) in [6, 6.07) is 12.3. The van der Waals surface area contributed by atoms with Crippen LogP contribution >= 0.6 is 24.0 Å². The van der Waals surface area contributed by atoms with Crippen molar-refractivity contribution in [2.75, 3.05) is 58.4 Å². The summed E-state index contributed by atoms with van der Waals surface area (Å²) in [5.41, 5.74) is 11.2. The first-order chi connectivity index (χ1) is 15.0. The van der Waals surface area contributed by atoms with E-state index >= 15 is 0 Å². The lowest BCUT2D eigenvalue weighted by Crippen LogP contribution is -2.49. The largest absolute Gasteiger partial charge is 0.493 e. The van der Waals surface area contributed by atoms with Crippen molar-refractivity contribution in [3.8, 4) is 11.5 Å². The Kier molecular flexibility index (Phi) is 10.4. The Hall–Kier alpha value is -2.20. The number of nitrogens with zero attached hydrogens (tertiary/aromatic N) is 3. The van der Waals surface area contributed by atoms with Crippen molar-refractivity contribution in [3.05, 3.63) is 53.1 Å². The number of anilines is 1. The van der Waals surface area contributed by atoms with Crippen LogP contribution in [-0.2, 0) is 6.54 Å². The lowest BCUT2D eigenvalue weighted by Gasteiger charge is -2.37. The highest BCUT2D eigenvalue weighted by Gasteiger charge is 2.18. The van der Waals surface area contributed by atoms with E-state index in [-0.39, 0.29) is 24.0 Å². The topological polar surface area (TPSA) is 75.4 Å². The monoisotopic (exact) mass is 553 g/mol. The van der Waals surface area contributed by atoms with Crippen molar-refractivity contribution in [2.24, 2.45) is 10.7 Å². The molecular weight excluding hydrogens is 517 g/mol. The number of guanidine groups is 1. The summed E-state index contributed by atoms with van der Waals surface area (Å²) in [4.78, 5) is 9.40. The van der Waals surface area contributed by atoms with Crippen LogP contribution in [0.1, 0.15) is 16.7 Å². The third-order valence-electron chi connectivity index (χ3n) is 5.90. The molecule has 0 aliphatic carbocycles. The number of piperazine rings is 1. The Bertz CT molecular complexity index is 898. The maximum absolute atomic E-state index is 6.05. The van der Waals surface area contributed by atoms with E-state index in [1.54, 1.807) is 14.2 Å². The number of aliphatic imine (C=N–C) groups is 1. The van der Waals surface area contributed by atoms with E-state index in [2.05, 4.69) is 52.2 Å². The molecule has 0 unspecified atom stereocenters. The van der Waals surface area contributed by atoms with Gasteiger partial charge in [0.15, 0.2) is 17.5 Å². The number of halogens is 1. The average molecular weight is 553 g/mol. The van der Waals surface area contributed by atoms with Gasteiger partial charge in [0.05, 0.1) is 20.8 Å². The fourth-order valence-corrected chi connectivity index (χ4v) is 3.84. The minimum atomic E-state index is 0. The van der Waals surface area contributed by atoms with Crippen LogP contribution in [0.3, 0.4) is 0 Å². The zero-order valence-corrected chi connectivity index (χ0v) is 21.9. The first kappa shape index (κ1) is 26.1. The number of nitrogens with two attached hydrogens (primary N) is 1. The second kappa shape index (κ2) is 12.7. The normalized spacial score (nSPS) is 14.6. The van der Waals surface area contributed by atoms with Crippen LogP contribution in [0.15, 0.2) is 41.4 Å². The highest BCUT2D eigenvalue weighted by atomic mass is 127. The Morgan fingerprint density at radius 1 is 1.03 bits per heavy atom. The fourth-order valence-electron chi connectivity index (χ4n) is 3.84. The number of benzene rings is 2. The van der Waals surface area contributed by atoms with Gasteiger partial charge in [0, 0.05) is 45.0 Å². The molecule has 0 atom stereocenters. The molecule has 1 aliphatic rings. The third-order valence-corrected chi connectivity index (χ3v) is 5.90. The Morgan fingerprint density at radius 3 is 2.44 bits per heavy atom. The second-order valence-electron chi connectivity index (χ2n) is 7.87. The highest BCUT2D eigenvalue weighted by molar-refractivity contribution is 14.0. The molecule has 0 bridgehead atoms. The number of methoxy groups -OCH3 is 2. The molecule has 7 nitrogen and oxygen atoms in total. The minimum absolute atomic E-state index is 0. The van der Waals surface area contributed by atoms with E-state index in [0.717, 1.165) is 44.8 Å². The number of nitrogens with one attached hydrogen (secondary N) is 1. The molecule has 1 heterocycles. The van der Waals surface area contributed by atoms with Crippen LogP contribution in [0.2, 0.25) is 0 Å². The molecule has 32 heavy (non-hydrogen) atoms. The zero-order chi connectivity index (χ0) is 22.2. The van der Waals surface area contributed by atoms with Crippen LogP contribution in [0.5, 0.6) is 11.5 Å². The Labute approximate surface area is 209 Å². The molecule has 2 aromatic rings. The minimum Gasteiger partial charge on any atom is -0.493 e. The van der Waals surface area contributed by atoms with E-state index in [0.29, 0.717) is 24.0 Å². The van der Waals surface area contributed by atoms with Crippen molar-refractivity contribution in [1.82, 2.24) is 10.2 Å². The molecule has 0 spiro atoms. The molecule has 2 aromatic carbocycles. The molecule has 3 N–H and O–H groups in total. The van der Waals surface area contributed by atoms with Crippen LogP contribution in [-0.4, -0.2) is 64.3 Å². The van der Waals surface area contributed by atoms with E-state index in [4.69, 9.17) is 15.2 Å². The van der Waals surface area contributed by atoms with Gasteiger partial charge in [0.1, 0.15) is 0 Å². The number of rotatable bonds is 8. The van der Waals surface area contributed by atoms with Crippen molar-refractivity contribution < 1.29 is 9.47 Å². The average Bonchev–Trinajstić information content (AvgIpc) is 2.80. The fraction of sp³-hybridized carbons (Fsp3) is 0.458. The SMILES string of the molecule is COc1ccc(CN=C(N)NCCN2CCN(c3cccc(C)c3C)CC2)cc1OC.I. The Balaban J connectivity index is 0.00000363. The van der Waals surface area contributed by atoms with E-state index in [1.807, 2.05) is 18.2 Å². The van der Waals surface area contributed by atoms with Crippen molar-refractivity contribution >= 4 is 35.6 Å². The lowest BCUT2D eigenvalue weighted by atomic mass is 10.1. The summed E-state index contributed by atoms with van der Waals surface area (Å²) in [7, 11) is 3.25. The van der Waals surface area contributed by atoms with Gasteiger partial charge in [-0.2, -0.15) is 0 Å². The van der Waals surface area contributed by atoms with Gasteiger partial charge in [-0.3, -0.25) is 4.90 Å². The van der Waals surface area contributed by atoms with Crippen LogP contribution in [0, 0.1) is 13.8 Å². The van der Waals surface area contributed by atoms with Gasteiger partial charge in [-0.1, -0.05) is 18.2 Å². The summed E-state index contributed by atoms with van der Waals surface area (Å²) in [6.07, 6.45) is 0. The molecule has 3 rings (SSSR count). The Morgan fingerprint density at radius 2 is 1.75 bits per heavy atom. The van der Waals surface area contributed by atoms with Gasteiger partial charge >= 0.3 is 0 Å².